The van der Waals surface area contributed by atoms with Gasteiger partial charge in [-0.3, -0.25) is 4.68 Å². The van der Waals surface area contributed by atoms with E-state index in [2.05, 4.69) is 15.7 Å². The monoisotopic (exact) mass is 294 g/mol. The maximum absolute atomic E-state index is 6.06. The van der Waals surface area contributed by atoms with Gasteiger partial charge in [-0.15, -0.1) is 0 Å². The number of nitrogens with one attached hydrogen (secondary N) is 2. The molecule has 6 heteroatoms. The van der Waals surface area contributed by atoms with Gasteiger partial charge < -0.3 is 10.6 Å². The summed E-state index contributed by atoms with van der Waals surface area (Å²) >= 11 is 11.3. The van der Waals surface area contributed by atoms with Crippen molar-refractivity contribution in [2.45, 2.75) is 13.5 Å². The normalized spacial score (nSPS) is 10.3. The first-order valence-corrected chi connectivity index (χ1v) is 6.62. The molecule has 1 aromatic carbocycles. The van der Waals surface area contributed by atoms with Gasteiger partial charge in [0.25, 0.3) is 0 Å². The maximum atomic E-state index is 6.06. The molecule has 0 fully saturated rings. The van der Waals surface area contributed by atoms with Crippen LogP contribution in [0.25, 0.3) is 0 Å². The second-order valence-corrected chi connectivity index (χ2v) is 5.11. The quantitative estimate of drug-likeness (QED) is 0.854. The van der Waals surface area contributed by atoms with E-state index in [0.29, 0.717) is 11.7 Å². The number of aromatic nitrogens is 2. The van der Waals surface area contributed by atoms with Crippen LogP contribution in [-0.4, -0.2) is 14.9 Å². The smallest absolute Gasteiger partial charge is 0.171 e. The molecule has 0 amide bonds. The molecule has 2 aromatic rings. The van der Waals surface area contributed by atoms with Crippen molar-refractivity contribution < 1.29 is 0 Å². The molecule has 0 atom stereocenters. The minimum atomic E-state index is 0.559. The minimum Gasteiger partial charge on any atom is -0.358 e. The zero-order valence-corrected chi connectivity index (χ0v) is 12.3. The van der Waals surface area contributed by atoms with Crippen molar-refractivity contribution in [3.8, 4) is 0 Å². The van der Waals surface area contributed by atoms with Gasteiger partial charge in [-0.05, 0) is 36.8 Å². The van der Waals surface area contributed by atoms with Crippen molar-refractivity contribution in [2.75, 3.05) is 5.32 Å². The summed E-state index contributed by atoms with van der Waals surface area (Å²) in [4.78, 5) is 0. The lowest BCUT2D eigenvalue weighted by atomic mass is 10.2. The van der Waals surface area contributed by atoms with Crippen LogP contribution in [-0.2, 0) is 13.6 Å². The first-order chi connectivity index (χ1) is 9.04. The van der Waals surface area contributed by atoms with Crippen LogP contribution in [0.3, 0.4) is 0 Å². The number of aryl methyl sites for hydroxylation is 2. The number of benzene rings is 1. The lowest BCUT2D eigenvalue weighted by Gasteiger charge is -2.10. The lowest BCUT2D eigenvalue weighted by molar-refractivity contribution is 0.766. The van der Waals surface area contributed by atoms with E-state index in [-0.39, 0.29) is 0 Å². The van der Waals surface area contributed by atoms with Gasteiger partial charge in [0.2, 0.25) is 0 Å². The summed E-state index contributed by atoms with van der Waals surface area (Å²) in [6, 6.07) is 5.75. The van der Waals surface area contributed by atoms with E-state index >= 15 is 0 Å². The zero-order valence-electron chi connectivity index (χ0n) is 10.8. The fourth-order valence-electron chi connectivity index (χ4n) is 1.59. The van der Waals surface area contributed by atoms with Crippen LogP contribution in [0.4, 0.5) is 5.69 Å². The molecule has 0 unspecified atom stereocenters. The van der Waals surface area contributed by atoms with Crippen LogP contribution in [0.15, 0.2) is 30.6 Å². The van der Waals surface area contributed by atoms with Crippen LogP contribution in [0.2, 0.25) is 5.02 Å². The molecule has 1 heterocycles. The Morgan fingerprint density at radius 2 is 2.26 bits per heavy atom. The highest BCUT2D eigenvalue weighted by molar-refractivity contribution is 7.80. The number of hydrogen-bond donors (Lipinski definition) is 2. The number of halogens is 1. The minimum absolute atomic E-state index is 0.559. The van der Waals surface area contributed by atoms with Crippen molar-refractivity contribution in [3.05, 3.63) is 46.7 Å². The Bertz CT molecular complexity index is 594. The van der Waals surface area contributed by atoms with Gasteiger partial charge in [0.1, 0.15) is 0 Å². The van der Waals surface area contributed by atoms with E-state index in [0.717, 1.165) is 21.8 Å². The first-order valence-electron chi connectivity index (χ1n) is 5.83. The fourth-order valence-corrected chi connectivity index (χ4v) is 1.96. The van der Waals surface area contributed by atoms with Crippen LogP contribution < -0.4 is 10.6 Å². The van der Waals surface area contributed by atoms with Crippen molar-refractivity contribution >= 4 is 34.6 Å². The van der Waals surface area contributed by atoms with Gasteiger partial charge in [0.15, 0.2) is 5.11 Å². The molecule has 19 heavy (non-hydrogen) atoms. The van der Waals surface area contributed by atoms with Crippen molar-refractivity contribution in [1.29, 1.82) is 0 Å². The third-order valence-electron chi connectivity index (χ3n) is 2.64. The summed E-state index contributed by atoms with van der Waals surface area (Å²) in [5.41, 5.74) is 2.99. The Hall–Kier alpha value is -1.59. The van der Waals surface area contributed by atoms with E-state index in [1.807, 2.05) is 38.4 Å². The molecule has 0 aliphatic heterocycles. The topological polar surface area (TPSA) is 41.9 Å². The Morgan fingerprint density at radius 3 is 2.89 bits per heavy atom. The Labute approximate surface area is 122 Å². The molecule has 0 spiro atoms. The number of thiocarbonyl (C=S) groups is 1. The Balaban J connectivity index is 1.88. The molecule has 0 aliphatic carbocycles. The number of hydrogen-bond acceptors (Lipinski definition) is 2. The van der Waals surface area contributed by atoms with Crippen molar-refractivity contribution in [2.24, 2.45) is 7.05 Å². The molecule has 1 aromatic heterocycles. The standard InChI is InChI=1S/C13H15ClN4S/c1-9-3-4-11(5-12(9)14)17-13(19)15-6-10-7-16-18(2)8-10/h3-5,7-8H,6H2,1-2H3,(H2,15,17,19). The highest BCUT2D eigenvalue weighted by Gasteiger charge is 2.01. The first kappa shape index (κ1) is 13.8. The van der Waals surface area contributed by atoms with Crippen LogP contribution in [0.1, 0.15) is 11.1 Å². The molecule has 100 valence electrons. The molecular weight excluding hydrogens is 280 g/mol. The molecule has 2 N–H and O–H groups in total. The average molecular weight is 295 g/mol. The molecular formula is C13H15ClN4S. The second-order valence-electron chi connectivity index (χ2n) is 4.29. The average Bonchev–Trinajstić information content (AvgIpc) is 2.77. The van der Waals surface area contributed by atoms with Gasteiger partial charge in [0, 0.05) is 36.1 Å². The van der Waals surface area contributed by atoms with E-state index in [1.54, 1.807) is 10.9 Å². The highest BCUT2D eigenvalue weighted by atomic mass is 35.5. The molecule has 0 bridgehead atoms. The van der Waals surface area contributed by atoms with Gasteiger partial charge >= 0.3 is 0 Å². The second kappa shape index (κ2) is 6.04. The number of rotatable bonds is 3. The third kappa shape index (κ3) is 3.94. The van der Waals surface area contributed by atoms with Crippen LogP contribution in [0.5, 0.6) is 0 Å². The Kier molecular flexibility index (Phi) is 4.39. The predicted octanol–water partition coefficient (Wildman–Crippen LogP) is 2.87. The van der Waals surface area contributed by atoms with E-state index in [9.17, 15) is 0 Å². The molecule has 0 aliphatic rings. The van der Waals surface area contributed by atoms with E-state index in [1.165, 1.54) is 0 Å². The summed E-state index contributed by atoms with van der Waals surface area (Å²) in [5, 5.41) is 11.6. The van der Waals surface area contributed by atoms with Gasteiger partial charge in [-0.25, -0.2) is 0 Å². The highest BCUT2D eigenvalue weighted by Crippen LogP contribution is 2.19. The number of anilines is 1. The van der Waals surface area contributed by atoms with Crippen LogP contribution >= 0.6 is 23.8 Å². The maximum Gasteiger partial charge on any atom is 0.171 e. The van der Waals surface area contributed by atoms with Crippen LogP contribution in [0, 0.1) is 6.92 Å². The summed E-state index contributed by atoms with van der Waals surface area (Å²) in [7, 11) is 1.88. The van der Waals surface area contributed by atoms with Gasteiger partial charge in [0.05, 0.1) is 6.20 Å². The summed E-state index contributed by atoms with van der Waals surface area (Å²) < 4.78 is 1.76. The molecule has 0 saturated heterocycles. The van der Waals surface area contributed by atoms with E-state index < -0.39 is 0 Å². The van der Waals surface area contributed by atoms with Gasteiger partial charge in [-0.2, -0.15) is 5.10 Å². The Morgan fingerprint density at radius 1 is 1.47 bits per heavy atom. The number of nitrogens with zero attached hydrogens (tertiary/aromatic N) is 2. The predicted molar refractivity (Wildman–Crippen MR) is 82.5 cm³/mol. The molecule has 4 nitrogen and oxygen atoms in total. The fraction of sp³-hybridized carbons (Fsp3) is 0.231. The van der Waals surface area contributed by atoms with E-state index in [4.69, 9.17) is 23.8 Å². The lowest BCUT2D eigenvalue weighted by Crippen LogP contribution is -2.27. The largest absolute Gasteiger partial charge is 0.358 e. The summed E-state index contributed by atoms with van der Waals surface area (Å²) in [6.07, 6.45) is 3.75. The molecule has 2 rings (SSSR count). The van der Waals surface area contributed by atoms with Crippen molar-refractivity contribution in [3.63, 3.8) is 0 Å². The SMILES string of the molecule is Cc1ccc(NC(=S)NCc2cnn(C)c2)cc1Cl. The summed E-state index contributed by atoms with van der Waals surface area (Å²) in [5.74, 6) is 0. The third-order valence-corrected chi connectivity index (χ3v) is 3.29. The zero-order chi connectivity index (χ0) is 13.8. The molecule has 0 radical (unpaired) electrons. The van der Waals surface area contributed by atoms with Gasteiger partial charge in [-0.1, -0.05) is 17.7 Å². The van der Waals surface area contributed by atoms with Crippen molar-refractivity contribution in [1.82, 2.24) is 15.1 Å². The molecule has 0 saturated carbocycles. The summed E-state index contributed by atoms with van der Waals surface area (Å²) in [6.45, 7) is 2.60.